The van der Waals surface area contributed by atoms with Gasteiger partial charge in [0.05, 0.1) is 24.3 Å². The second kappa shape index (κ2) is 12.0. The fourth-order valence-electron chi connectivity index (χ4n) is 8.06. The third kappa shape index (κ3) is 5.33. The number of morpholine rings is 1. The van der Waals surface area contributed by atoms with Crippen LogP contribution in [-0.2, 0) is 11.2 Å². The first-order valence-corrected chi connectivity index (χ1v) is 16.9. The molecule has 4 unspecified atom stereocenters. The molecule has 4 aromatic rings. The van der Waals surface area contributed by atoms with Crippen LogP contribution in [0.1, 0.15) is 44.6 Å². The number of hydrogen-bond acceptors (Lipinski definition) is 8. The Morgan fingerprint density at radius 3 is 2.61 bits per heavy atom. The predicted molar refractivity (Wildman–Crippen MR) is 175 cm³/mol. The molecule has 0 spiro atoms. The molecule has 2 N–H and O–H groups in total. The molecule has 5 saturated heterocycles. The van der Waals surface area contributed by atoms with Crippen molar-refractivity contribution >= 4 is 39.1 Å². The lowest BCUT2D eigenvalue weighted by atomic mass is 9.92. The third-order valence-electron chi connectivity index (χ3n) is 10.3. The normalized spacial score (nSPS) is 24.4. The van der Waals surface area contributed by atoms with E-state index in [1.165, 1.54) is 18.6 Å². The van der Waals surface area contributed by atoms with Gasteiger partial charge < -0.3 is 24.8 Å². The van der Waals surface area contributed by atoms with Crippen LogP contribution in [0.15, 0.2) is 30.3 Å². The first kappa shape index (κ1) is 30.1. The molecule has 9 rings (SSSR count). The standard InChI is InChI=1S/C35H38ClF2N5O3/c1-2-25-29(37)9-4-19-12-23(44)13-26(30(19)25)31-28(36)14-27-33(32(31)38)40-35(41-34(27)43-15-20-5-6-21(16-43)39-20)45-11-3-10-42-17-24-8-7-22(42)18-46-24/h4,9,12-14,20-22,24,39,44H,2-3,5-8,10-11,15-18H2,1H3. The van der Waals surface area contributed by atoms with Crippen LogP contribution in [0.3, 0.4) is 0 Å². The number of aryl methyl sites for hydroxylation is 1. The summed E-state index contributed by atoms with van der Waals surface area (Å²) in [5, 5.41) is 16.0. The van der Waals surface area contributed by atoms with Crippen LogP contribution in [0.25, 0.3) is 32.8 Å². The van der Waals surface area contributed by atoms with Crippen molar-refractivity contribution in [2.45, 2.75) is 69.7 Å². The van der Waals surface area contributed by atoms with Crippen molar-refractivity contribution in [1.82, 2.24) is 20.2 Å². The number of rotatable bonds is 8. The summed E-state index contributed by atoms with van der Waals surface area (Å²) < 4.78 is 44.0. The van der Waals surface area contributed by atoms with Gasteiger partial charge in [0.25, 0.3) is 0 Å². The molecule has 0 saturated carbocycles. The summed E-state index contributed by atoms with van der Waals surface area (Å²) in [6.07, 6.45) is 5.95. The number of nitrogens with zero attached hydrogens (tertiary/aromatic N) is 4. The molecule has 46 heavy (non-hydrogen) atoms. The Morgan fingerprint density at radius 2 is 1.89 bits per heavy atom. The monoisotopic (exact) mass is 649 g/mol. The lowest BCUT2D eigenvalue weighted by Gasteiger charge is -2.45. The Bertz CT molecular complexity index is 1810. The second-order valence-electron chi connectivity index (χ2n) is 13.2. The Balaban J connectivity index is 1.19. The number of halogens is 3. The largest absolute Gasteiger partial charge is 0.508 e. The van der Waals surface area contributed by atoms with E-state index in [9.17, 15) is 5.11 Å². The van der Waals surface area contributed by atoms with Gasteiger partial charge in [-0.1, -0.05) is 24.6 Å². The number of fused-ring (bicyclic) bond motifs is 7. The number of ether oxygens (including phenoxy) is 2. The number of aromatic nitrogens is 2. The molecule has 5 aliphatic rings. The summed E-state index contributed by atoms with van der Waals surface area (Å²) in [6, 6.07) is 8.90. The highest BCUT2D eigenvalue weighted by Gasteiger charge is 2.35. The molecule has 4 atom stereocenters. The van der Waals surface area contributed by atoms with Gasteiger partial charge in [-0.2, -0.15) is 9.97 Å². The molecule has 8 nitrogen and oxygen atoms in total. The van der Waals surface area contributed by atoms with Gasteiger partial charge in [0.2, 0.25) is 0 Å². The highest BCUT2D eigenvalue weighted by Crippen LogP contribution is 2.44. The molecule has 5 aliphatic heterocycles. The Morgan fingerprint density at radius 1 is 1.07 bits per heavy atom. The first-order chi connectivity index (χ1) is 22.4. The van der Waals surface area contributed by atoms with Crippen molar-refractivity contribution in [1.29, 1.82) is 0 Å². The molecule has 11 heteroatoms. The minimum Gasteiger partial charge on any atom is -0.508 e. The molecule has 3 aromatic carbocycles. The lowest BCUT2D eigenvalue weighted by Crippen LogP contribution is -2.54. The molecule has 1 aromatic heterocycles. The van der Waals surface area contributed by atoms with Gasteiger partial charge in [-0.25, -0.2) is 8.78 Å². The fraction of sp³-hybridized carbons (Fsp3) is 0.486. The Hall–Kier alpha value is -3.31. The highest BCUT2D eigenvalue weighted by molar-refractivity contribution is 6.35. The van der Waals surface area contributed by atoms with Gasteiger partial charge >= 0.3 is 6.01 Å². The van der Waals surface area contributed by atoms with Crippen LogP contribution < -0.4 is 15.0 Å². The van der Waals surface area contributed by atoms with E-state index in [-0.39, 0.29) is 27.9 Å². The number of anilines is 1. The van der Waals surface area contributed by atoms with Crippen LogP contribution in [0.5, 0.6) is 11.8 Å². The van der Waals surface area contributed by atoms with Crippen LogP contribution in [0.2, 0.25) is 5.02 Å². The lowest BCUT2D eigenvalue weighted by molar-refractivity contribution is -0.106. The molecule has 242 valence electrons. The van der Waals surface area contributed by atoms with Crippen LogP contribution in [0, 0.1) is 11.6 Å². The van der Waals surface area contributed by atoms with Crippen molar-refractivity contribution in [2.24, 2.45) is 0 Å². The number of phenols is 1. The topological polar surface area (TPSA) is 83.0 Å². The smallest absolute Gasteiger partial charge is 0.319 e. The quantitative estimate of drug-likeness (QED) is 0.218. The van der Waals surface area contributed by atoms with Crippen molar-refractivity contribution in [2.75, 3.05) is 44.3 Å². The maximum atomic E-state index is 17.0. The van der Waals surface area contributed by atoms with E-state index in [4.69, 9.17) is 26.1 Å². The molecule has 0 radical (unpaired) electrons. The molecule has 0 amide bonds. The zero-order valence-corrected chi connectivity index (χ0v) is 26.6. The minimum atomic E-state index is -0.656. The minimum absolute atomic E-state index is 0.0636. The molecular weight excluding hydrogens is 612 g/mol. The summed E-state index contributed by atoms with van der Waals surface area (Å²) in [4.78, 5) is 14.1. The average Bonchev–Trinajstić information content (AvgIpc) is 3.40. The van der Waals surface area contributed by atoms with Crippen LogP contribution in [0.4, 0.5) is 14.6 Å². The zero-order chi connectivity index (χ0) is 31.5. The number of aromatic hydroxyl groups is 1. The number of benzene rings is 3. The van der Waals surface area contributed by atoms with E-state index in [0.29, 0.717) is 70.4 Å². The van der Waals surface area contributed by atoms with Crippen molar-refractivity contribution in [3.05, 3.63) is 52.6 Å². The van der Waals surface area contributed by atoms with Crippen molar-refractivity contribution in [3.8, 4) is 22.9 Å². The van der Waals surface area contributed by atoms with Gasteiger partial charge in [0, 0.05) is 55.3 Å². The van der Waals surface area contributed by atoms with Gasteiger partial charge in [-0.3, -0.25) is 4.90 Å². The zero-order valence-electron chi connectivity index (χ0n) is 25.9. The number of hydrogen-bond donors (Lipinski definition) is 2. The number of piperazine rings is 1. The molecule has 0 aliphatic carbocycles. The first-order valence-electron chi connectivity index (χ1n) is 16.5. The Kier molecular flexibility index (Phi) is 7.87. The maximum Gasteiger partial charge on any atom is 0.319 e. The van der Waals surface area contributed by atoms with E-state index < -0.39 is 11.6 Å². The summed E-state index contributed by atoms with van der Waals surface area (Å²) in [7, 11) is 0. The van der Waals surface area contributed by atoms with Crippen LogP contribution in [-0.4, -0.2) is 83.6 Å². The summed E-state index contributed by atoms with van der Waals surface area (Å²) >= 11 is 6.91. The highest BCUT2D eigenvalue weighted by atomic mass is 35.5. The number of piperidine rings is 1. The summed E-state index contributed by atoms with van der Waals surface area (Å²) in [5.74, 6) is -0.518. The van der Waals surface area contributed by atoms with Gasteiger partial charge in [-0.05, 0) is 84.7 Å². The van der Waals surface area contributed by atoms with Crippen LogP contribution >= 0.6 is 11.6 Å². The molecule has 4 bridgehead atoms. The Labute approximate surface area is 271 Å². The number of nitrogens with one attached hydrogen (secondary N) is 1. The van der Waals surface area contributed by atoms with Crippen molar-refractivity contribution < 1.29 is 23.4 Å². The van der Waals surface area contributed by atoms with Crippen molar-refractivity contribution in [3.63, 3.8) is 0 Å². The molecular formula is C35H38ClF2N5O3. The van der Waals surface area contributed by atoms with E-state index in [1.54, 1.807) is 18.2 Å². The predicted octanol–water partition coefficient (Wildman–Crippen LogP) is 6.22. The summed E-state index contributed by atoms with van der Waals surface area (Å²) in [5.41, 5.74) is 0.897. The van der Waals surface area contributed by atoms with E-state index in [0.717, 1.165) is 58.5 Å². The van der Waals surface area contributed by atoms with E-state index in [1.807, 2.05) is 6.92 Å². The molecule has 5 fully saturated rings. The average molecular weight is 650 g/mol. The maximum absolute atomic E-state index is 17.0. The van der Waals surface area contributed by atoms with E-state index >= 15 is 8.78 Å². The van der Waals surface area contributed by atoms with Gasteiger partial charge in [-0.15, -0.1) is 0 Å². The second-order valence-corrected chi connectivity index (χ2v) is 13.6. The third-order valence-corrected chi connectivity index (χ3v) is 10.6. The fourth-order valence-corrected chi connectivity index (χ4v) is 8.36. The SMILES string of the molecule is CCc1c(F)ccc2cc(O)cc(-c3c(Cl)cc4c(N5CC6CCC(C5)N6)nc(OCCCN5CC6CCC5CO6)nc4c3F)c12. The van der Waals surface area contributed by atoms with E-state index in [2.05, 4.69) is 20.1 Å². The van der Waals surface area contributed by atoms with Gasteiger partial charge in [0.1, 0.15) is 22.9 Å². The molecule has 6 heterocycles. The van der Waals surface area contributed by atoms with Gasteiger partial charge in [0.15, 0.2) is 5.82 Å². The summed E-state index contributed by atoms with van der Waals surface area (Å²) in [6.45, 7) is 6.35. The number of phenolic OH excluding ortho intramolecular Hbond substituents is 1.